The maximum Gasteiger partial charge on any atom is 0.143 e. The molecule has 2 aromatic carbocycles. The van der Waals surface area contributed by atoms with Crippen molar-refractivity contribution in [1.29, 1.82) is 0 Å². The van der Waals surface area contributed by atoms with Gasteiger partial charge in [0, 0.05) is 24.4 Å². The fourth-order valence-electron chi connectivity index (χ4n) is 3.25. The Balaban J connectivity index is 1.92. The predicted molar refractivity (Wildman–Crippen MR) is 103 cm³/mol. The zero-order chi connectivity index (χ0) is 17.4. The van der Waals surface area contributed by atoms with Gasteiger partial charge in [-0.25, -0.2) is 4.98 Å². The van der Waals surface area contributed by atoms with Gasteiger partial charge in [0.15, 0.2) is 0 Å². The Kier molecular flexibility index (Phi) is 3.85. The summed E-state index contributed by atoms with van der Waals surface area (Å²) in [5.74, 6) is 1.43. The quantitative estimate of drug-likeness (QED) is 0.502. The van der Waals surface area contributed by atoms with Crippen molar-refractivity contribution in [2.24, 2.45) is 7.05 Å². The van der Waals surface area contributed by atoms with E-state index in [1.54, 1.807) is 0 Å². The Bertz CT molecular complexity index is 1040. The van der Waals surface area contributed by atoms with Gasteiger partial charge in [0.1, 0.15) is 5.82 Å². The van der Waals surface area contributed by atoms with Gasteiger partial charge in [0.2, 0.25) is 0 Å². The van der Waals surface area contributed by atoms with Gasteiger partial charge >= 0.3 is 0 Å². The Morgan fingerprint density at radius 3 is 2.56 bits per heavy atom. The van der Waals surface area contributed by atoms with E-state index in [-0.39, 0.29) is 0 Å². The standard InChI is InChI=1S/C22H21N3/c1-15(2)16-8-6-9-17(14-16)21-18(10-7-13-23-21)22-24-19-11-4-5-12-20(19)25(22)3/h4-15H,1-3H3. The Hall–Kier alpha value is -2.94. The summed E-state index contributed by atoms with van der Waals surface area (Å²) >= 11 is 0. The summed E-state index contributed by atoms with van der Waals surface area (Å²) in [7, 11) is 2.06. The van der Waals surface area contributed by atoms with Crippen LogP contribution in [0.2, 0.25) is 0 Å². The molecule has 2 heterocycles. The van der Waals surface area contributed by atoms with Gasteiger partial charge in [0.25, 0.3) is 0 Å². The van der Waals surface area contributed by atoms with E-state index < -0.39 is 0 Å². The highest BCUT2D eigenvalue weighted by atomic mass is 15.1. The summed E-state index contributed by atoms with van der Waals surface area (Å²) in [6.45, 7) is 4.42. The Morgan fingerprint density at radius 1 is 0.920 bits per heavy atom. The lowest BCUT2D eigenvalue weighted by atomic mass is 9.97. The molecule has 0 fully saturated rings. The van der Waals surface area contributed by atoms with E-state index in [2.05, 4.69) is 66.8 Å². The van der Waals surface area contributed by atoms with Gasteiger partial charge < -0.3 is 4.57 Å². The van der Waals surface area contributed by atoms with Crippen molar-refractivity contribution in [1.82, 2.24) is 14.5 Å². The largest absolute Gasteiger partial charge is 0.327 e. The number of pyridine rings is 1. The van der Waals surface area contributed by atoms with Gasteiger partial charge in [-0.05, 0) is 41.8 Å². The average Bonchev–Trinajstić information content (AvgIpc) is 2.99. The van der Waals surface area contributed by atoms with Crippen LogP contribution in [0, 0.1) is 0 Å². The first-order valence-electron chi connectivity index (χ1n) is 8.62. The Labute approximate surface area is 148 Å². The molecule has 0 radical (unpaired) electrons. The lowest BCUT2D eigenvalue weighted by Gasteiger charge is -2.11. The number of hydrogen-bond donors (Lipinski definition) is 0. The van der Waals surface area contributed by atoms with Crippen molar-refractivity contribution in [3.05, 3.63) is 72.4 Å². The third-order valence-electron chi connectivity index (χ3n) is 4.66. The van der Waals surface area contributed by atoms with Crippen molar-refractivity contribution in [2.75, 3.05) is 0 Å². The molecule has 0 aliphatic rings. The van der Waals surface area contributed by atoms with Gasteiger partial charge in [0.05, 0.1) is 16.7 Å². The Morgan fingerprint density at radius 2 is 1.76 bits per heavy atom. The molecular formula is C22H21N3. The molecule has 0 aliphatic carbocycles. The number of aryl methyl sites for hydroxylation is 1. The van der Waals surface area contributed by atoms with Gasteiger partial charge in [-0.2, -0.15) is 0 Å². The zero-order valence-electron chi connectivity index (χ0n) is 14.8. The number of rotatable bonds is 3. The van der Waals surface area contributed by atoms with Crippen LogP contribution in [0.15, 0.2) is 66.9 Å². The highest BCUT2D eigenvalue weighted by Crippen LogP contribution is 2.32. The number of para-hydroxylation sites is 2. The molecule has 0 aliphatic heterocycles. The van der Waals surface area contributed by atoms with Crippen LogP contribution >= 0.6 is 0 Å². The topological polar surface area (TPSA) is 30.7 Å². The van der Waals surface area contributed by atoms with Crippen LogP contribution in [0.25, 0.3) is 33.7 Å². The number of hydrogen-bond acceptors (Lipinski definition) is 2. The molecule has 124 valence electrons. The van der Waals surface area contributed by atoms with E-state index >= 15 is 0 Å². The molecule has 0 spiro atoms. The molecule has 0 saturated carbocycles. The van der Waals surface area contributed by atoms with E-state index in [1.165, 1.54) is 5.56 Å². The van der Waals surface area contributed by atoms with Crippen LogP contribution in [-0.4, -0.2) is 14.5 Å². The third-order valence-corrected chi connectivity index (χ3v) is 4.66. The lowest BCUT2D eigenvalue weighted by molar-refractivity contribution is 0.867. The number of fused-ring (bicyclic) bond motifs is 1. The molecule has 0 amide bonds. The van der Waals surface area contributed by atoms with E-state index in [9.17, 15) is 0 Å². The molecule has 25 heavy (non-hydrogen) atoms. The van der Waals surface area contributed by atoms with Crippen molar-refractivity contribution in [3.8, 4) is 22.6 Å². The second-order valence-electron chi connectivity index (χ2n) is 6.66. The number of nitrogens with zero attached hydrogens (tertiary/aromatic N) is 3. The molecule has 3 nitrogen and oxygen atoms in total. The second-order valence-corrected chi connectivity index (χ2v) is 6.66. The fraction of sp³-hybridized carbons (Fsp3) is 0.182. The smallest absolute Gasteiger partial charge is 0.143 e. The van der Waals surface area contributed by atoms with Crippen LogP contribution < -0.4 is 0 Å². The summed E-state index contributed by atoms with van der Waals surface area (Å²) in [4.78, 5) is 9.53. The van der Waals surface area contributed by atoms with Crippen LogP contribution in [0.4, 0.5) is 0 Å². The van der Waals surface area contributed by atoms with E-state index in [0.717, 1.165) is 33.7 Å². The maximum absolute atomic E-state index is 4.85. The fourth-order valence-corrected chi connectivity index (χ4v) is 3.25. The summed E-state index contributed by atoms with van der Waals surface area (Å²) in [5.41, 5.74) is 6.62. The molecule has 0 atom stereocenters. The van der Waals surface area contributed by atoms with Crippen molar-refractivity contribution < 1.29 is 0 Å². The summed E-state index contributed by atoms with van der Waals surface area (Å²) in [5, 5.41) is 0. The summed E-state index contributed by atoms with van der Waals surface area (Å²) in [6.07, 6.45) is 1.85. The molecule has 0 saturated heterocycles. The molecule has 2 aromatic heterocycles. The molecule has 3 heteroatoms. The minimum atomic E-state index is 0.489. The van der Waals surface area contributed by atoms with Crippen LogP contribution in [0.3, 0.4) is 0 Å². The maximum atomic E-state index is 4.85. The molecular weight excluding hydrogens is 306 g/mol. The number of imidazole rings is 1. The van der Waals surface area contributed by atoms with Crippen LogP contribution in [0.5, 0.6) is 0 Å². The number of benzene rings is 2. The van der Waals surface area contributed by atoms with Gasteiger partial charge in [-0.15, -0.1) is 0 Å². The van der Waals surface area contributed by atoms with E-state index in [1.807, 2.05) is 30.5 Å². The second kappa shape index (κ2) is 6.17. The first-order chi connectivity index (χ1) is 12.1. The minimum Gasteiger partial charge on any atom is -0.327 e. The first kappa shape index (κ1) is 15.6. The molecule has 4 rings (SSSR count). The predicted octanol–water partition coefficient (Wildman–Crippen LogP) is 5.43. The molecule has 0 N–H and O–H groups in total. The third kappa shape index (κ3) is 2.72. The molecule has 0 bridgehead atoms. The minimum absolute atomic E-state index is 0.489. The summed E-state index contributed by atoms with van der Waals surface area (Å²) in [6, 6.07) is 20.9. The lowest BCUT2D eigenvalue weighted by Crippen LogP contribution is -1.97. The van der Waals surface area contributed by atoms with Crippen molar-refractivity contribution in [3.63, 3.8) is 0 Å². The van der Waals surface area contributed by atoms with Crippen LogP contribution in [0.1, 0.15) is 25.3 Å². The van der Waals surface area contributed by atoms with E-state index in [0.29, 0.717) is 5.92 Å². The van der Waals surface area contributed by atoms with Crippen molar-refractivity contribution in [2.45, 2.75) is 19.8 Å². The van der Waals surface area contributed by atoms with E-state index in [4.69, 9.17) is 4.98 Å². The summed E-state index contributed by atoms with van der Waals surface area (Å²) < 4.78 is 2.14. The average molecular weight is 327 g/mol. The van der Waals surface area contributed by atoms with Crippen LogP contribution in [-0.2, 0) is 7.05 Å². The van der Waals surface area contributed by atoms with Gasteiger partial charge in [-0.3, -0.25) is 4.98 Å². The SMILES string of the molecule is CC(C)c1cccc(-c2ncccc2-c2nc3ccccc3n2C)c1. The van der Waals surface area contributed by atoms with Crippen molar-refractivity contribution >= 4 is 11.0 Å². The molecule has 0 unspecified atom stereocenters. The zero-order valence-corrected chi connectivity index (χ0v) is 14.8. The highest BCUT2D eigenvalue weighted by Gasteiger charge is 2.15. The first-order valence-corrected chi connectivity index (χ1v) is 8.62. The highest BCUT2D eigenvalue weighted by molar-refractivity contribution is 5.85. The normalized spacial score (nSPS) is 11.4. The number of aromatic nitrogens is 3. The monoisotopic (exact) mass is 327 g/mol. The van der Waals surface area contributed by atoms with Gasteiger partial charge in [-0.1, -0.05) is 44.2 Å². The molecule has 4 aromatic rings.